The van der Waals surface area contributed by atoms with E-state index in [4.69, 9.17) is 5.11 Å². The highest BCUT2D eigenvalue weighted by Crippen LogP contribution is 2.17. The maximum Gasteiger partial charge on any atom is 0.231 e. The zero-order chi connectivity index (χ0) is 15.1. The van der Waals surface area contributed by atoms with Gasteiger partial charge in [-0.2, -0.15) is 0 Å². The Kier molecular flexibility index (Phi) is 5.14. The van der Waals surface area contributed by atoms with Crippen LogP contribution in [0.4, 0.5) is 5.69 Å². The molecule has 0 aliphatic carbocycles. The minimum absolute atomic E-state index is 0.0459. The molecule has 0 saturated carbocycles. The summed E-state index contributed by atoms with van der Waals surface area (Å²) in [5, 5.41) is 11.5. The van der Waals surface area contributed by atoms with Crippen molar-refractivity contribution in [2.75, 3.05) is 11.9 Å². The molecule has 1 amide bonds. The van der Waals surface area contributed by atoms with Crippen molar-refractivity contribution in [3.8, 4) is 11.8 Å². The minimum atomic E-state index is -0.208. The van der Waals surface area contributed by atoms with Crippen molar-refractivity contribution in [2.45, 2.75) is 12.8 Å². The predicted octanol–water partition coefficient (Wildman–Crippen LogP) is 2.77. The topological polar surface area (TPSA) is 49.3 Å². The predicted molar refractivity (Wildman–Crippen MR) is 83.9 cm³/mol. The van der Waals surface area contributed by atoms with Gasteiger partial charge < -0.3 is 10.4 Å². The Labute approximate surface area is 124 Å². The van der Waals surface area contributed by atoms with Crippen LogP contribution in [-0.2, 0) is 4.79 Å². The number of anilines is 1. The lowest BCUT2D eigenvalue weighted by atomic mass is 10.0. The summed E-state index contributed by atoms with van der Waals surface area (Å²) in [6.45, 7) is 1.72. The Morgan fingerprint density at radius 2 is 1.81 bits per heavy atom. The summed E-state index contributed by atoms with van der Waals surface area (Å²) >= 11 is 0. The third-order valence-corrected chi connectivity index (χ3v) is 3.16. The number of aliphatic hydroxyl groups is 1. The van der Waals surface area contributed by atoms with Gasteiger partial charge in [0.15, 0.2) is 0 Å². The molecule has 1 unspecified atom stereocenters. The average molecular weight is 279 g/mol. The molecule has 3 nitrogen and oxygen atoms in total. The monoisotopic (exact) mass is 279 g/mol. The zero-order valence-electron chi connectivity index (χ0n) is 11.8. The van der Waals surface area contributed by atoms with Crippen molar-refractivity contribution in [3.63, 3.8) is 0 Å². The van der Waals surface area contributed by atoms with Gasteiger partial charge in [0, 0.05) is 11.3 Å². The third kappa shape index (κ3) is 4.20. The molecule has 0 radical (unpaired) electrons. The summed E-state index contributed by atoms with van der Waals surface area (Å²) in [4.78, 5) is 12.2. The molecule has 0 heterocycles. The van der Waals surface area contributed by atoms with Crippen LogP contribution in [0.3, 0.4) is 0 Å². The average Bonchev–Trinajstić information content (AvgIpc) is 2.54. The van der Waals surface area contributed by atoms with Crippen LogP contribution in [0.2, 0.25) is 0 Å². The van der Waals surface area contributed by atoms with Gasteiger partial charge in [0.2, 0.25) is 5.91 Å². The van der Waals surface area contributed by atoms with Crippen LogP contribution in [0.5, 0.6) is 0 Å². The van der Waals surface area contributed by atoms with Gasteiger partial charge in [0.25, 0.3) is 0 Å². The molecule has 0 aliphatic rings. The first-order valence-corrected chi connectivity index (χ1v) is 6.76. The molecule has 2 aromatic rings. The number of carbonyl (C=O) groups is 1. The van der Waals surface area contributed by atoms with Gasteiger partial charge in [-0.1, -0.05) is 42.2 Å². The fourth-order valence-electron chi connectivity index (χ4n) is 1.92. The Morgan fingerprint density at radius 3 is 2.43 bits per heavy atom. The van der Waals surface area contributed by atoms with Gasteiger partial charge in [-0.05, 0) is 36.8 Å². The number of nitrogens with one attached hydrogen (secondary N) is 1. The molecule has 1 atom stereocenters. The maximum absolute atomic E-state index is 12.2. The van der Waals surface area contributed by atoms with Gasteiger partial charge >= 0.3 is 0 Å². The number of aliphatic hydroxyl groups excluding tert-OH is 1. The molecule has 0 fully saturated rings. The van der Waals surface area contributed by atoms with E-state index in [1.54, 1.807) is 12.1 Å². The lowest BCUT2D eigenvalue weighted by molar-refractivity contribution is -0.117. The Bertz CT molecular complexity index is 651. The first-order chi connectivity index (χ1) is 10.2. The molecule has 0 spiro atoms. The van der Waals surface area contributed by atoms with Crippen molar-refractivity contribution >= 4 is 11.6 Å². The standard InChI is InChI=1S/C18H17NO2/c1-14(16-7-3-2-4-8-16)18(21)19-17-11-9-15(10-12-17)6-5-13-20/h2-4,7-12,14,20H,13H2,1H3,(H,19,21). The summed E-state index contributed by atoms with van der Waals surface area (Å²) in [5.41, 5.74) is 2.52. The molecular formula is C18H17NO2. The normalized spacial score (nSPS) is 11.1. The Balaban J connectivity index is 2.02. The third-order valence-electron chi connectivity index (χ3n) is 3.16. The molecule has 0 bridgehead atoms. The van der Waals surface area contributed by atoms with Crippen LogP contribution >= 0.6 is 0 Å². The molecule has 2 aromatic carbocycles. The summed E-state index contributed by atoms with van der Waals surface area (Å²) < 4.78 is 0. The van der Waals surface area contributed by atoms with Crippen LogP contribution in [0, 0.1) is 11.8 Å². The van der Waals surface area contributed by atoms with Gasteiger partial charge in [0.05, 0.1) is 5.92 Å². The van der Waals surface area contributed by atoms with E-state index in [1.165, 1.54) is 0 Å². The number of carbonyl (C=O) groups excluding carboxylic acids is 1. The number of hydrogen-bond donors (Lipinski definition) is 2. The SMILES string of the molecule is CC(C(=O)Nc1ccc(C#CCO)cc1)c1ccccc1. The highest BCUT2D eigenvalue weighted by Gasteiger charge is 2.14. The van der Waals surface area contributed by atoms with E-state index in [0.717, 1.165) is 16.8 Å². The molecule has 2 rings (SSSR count). The molecule has 3 heteroatoms. The van der Waals surface area contributed by atoms with Crippen molar-refractivity contribution < 1.29 is 9.90 Å². The molecule has 0 aliphatic heterocycles. The van der Waals surface area contributed by atoms with Crippen LogP contribution in [0.15, 0.2) is 54.6 Å². The Morgan fingerprint density at radius 1 is 1.14 bits per heavy atom. The van der Waals surface area contributed by atoms with E-state index in [2.05, 4.69) is 17.2 Å². The molecule has 21 heavy (non-hydrogen) atoms. The van der Waals surface area contributed by atoms with E-state index < -0.39 is 0 Å². The van der Waals surface area contributed by atoms with Crippen LogP contribution in [-0.4, -0.2) is 17.6 Å². The van der Waals surface area contributed by atoms with E-state index >= 15 is 0 Å². The van der Waals surface area contributed by atoms with Crippen molar-refractivity contribution in [1.82, 2.24) is 0 Å². The molecular weight excluding hydrogens is 262 g/mol. The lowest BCUT2D eigenvalue weighted by Crippen LogP contribution is -2.18. The van der Waals surface area contributed by atoms with E-state index in [9.17, 15) is 4.79 Å². The van der Waals surface area contributed by atoms with E-state index in [0.29, 0.717) is 0 Å². The largest absolute Gasteiger partial charge is 0.384 e. The van der Waals surface area contributed by atoms with Gasteiger partial charge in [-0.3, -0.25) is 4.79 Å². The lowest BCUT2D eigenvalue weighted by Gasteiger charge is -2.12. The summed E-state index contributed by atoms with van der Waals surface area (Å²) in [6.07, 6.45) is 0. The van der Waals surface area contributed by atoms with E-state index in [1.807, 2.05) is 49.4 Å². The van der Waals surface area contributed by atoms with Gasteiger partial charge in [-0.15, -0.1) is 0 Å². The van der Waals surface area contributed by atoms with Crippen LogP contribution in [0.1, 0.15) is 24.0 Å². The first kappa shape index (κ1) is 14.8. The first-order valence-electron chi connectivity index (χ1n) is 6.76. The zero-order valence-corrected chi connectivity index (χ0v) is 11.8. The molecule has 0 aromatic heterocycles. The number of benzene rings is 2. The smallest absolute Gasteiger partial charge is 0.231 e. The highest BCUT2D eigenvalue weighted by atomic mass is 16.2. The highest BCUT2D eigenvalue weighted by molar-refractivity contribution is 5.95. The van der Waals surface area contributed by atoms with Crippen molar-refractivity contribution in [2.24, 2.45) is 0 Å². The fourth-order valence-corrected chi connectivity index (χ4v) is 1.92. The maximum atomic E-state index is 12.2. The second-order valence-corrected chi connectivity index (χ2v) is 4.66. The molecule has 0 saturated heterocycles. The second kappa shape index (κ2) is 7.28. The minimum Gasteiger partial charge on any atom is -0.384 e. The number of amides is 1. The van der Waals surface area contributed by atoms with Crippen LogP contribution in [0.25, 0.3) is 0 Å². The van der Waals surface area contributed by atoms with Gasteiger partial charge in [-0.25, -0.2) is 0 Å². The fraction of sp³-hybridized carbons (Fsp3) is 0.167. The summed E-state index contributed by atoms with van der Waals surface area (Å²) in [7, 11) is 0. The van der Waals surface area contributed by atoms with Crippen molar-refractivity contribution in [3.05, 3.63) is 65.7 Å². The Hall–Kier alpha value is -2.57. The van der Waals surface area contributed by atoms with Crippen molar-refractivity contribution in [1.29, 1.82) is 0 Å². The second-order valence-electron chi connectivity index (χ2n) is 4.66. The number of hydrogen-bond acceptors (Lipinski definition) is 2. The number of rotatable bonds is 3. The summed E-state index contributed by atoms with van der Waals surface area (Å²) in [5.74, 6) is 5.14. The van der Waals surface area contributed by atoms with E-state index in [-0.39, 0.29) is 18.4 Å². The summed E-state index contributed by atoms with van der Waals surface area (Å²) in [6, 6.07) is 16.9. The van der Waals surface area contributed by atoms with Crippen LogP contribution < -0.4 is 5.32 Å². The molecule has 2 N–H and O–H groups in total. The molecule has 106 valence electrons. The van der Waals surface area contributed by atoms with Gasteiger partial charge in [0.1, 0.15) is 6.61 Å². The quantitative estimate of drug-likeness (QED) is 0.849.